The van der Waals surface area contributed by atoms with Crippen LogP contribution in [0.5, 0.6) is 11.5 Å². The van der Waals surface area contributed by atoms with Gasteiger partial charge in [0.05, 0.1) is 5.92 Å². The summed E-state index contributed by atoms with van der Waals surface area (Å²) in [5.41, 5.74) is 3.23. The fourth-order valence-corrected chi connectivity index (χ4v) is 3.40. The van der Waals surface area contributed by atoms with E-state index in [1.807, 2.05) is 36.4 Å². The van der Waals surface area contributed by atoms with Gasteiger partial charge in [-0.3, -0.25) is 9.78 Å². The molecule has 130 valence electrons. The van der Waals surface area contributed by atoms with Crippen LogP contribution in [0.3, 0.4) is 0 Å². The van der Waals surface area contributed by atoms with Crippen LogP contribution in [0.2, 0.25) is 0 Å². The number of fused-ring (bicyclic) bond motifs is 1. The van der Waals surface area contributed by atoms with Gasteiger partial charge in [0, 0.05) is 18.1 Å². The molecule has 0 saturated carbocycles. The number of nitrogens with one attached hydrogen (secondary N) is 1. The summed E-state index contributed by atoms with van der Waals surface area (Å²) in [6, 6.07) is 19.3. The second-order valence-electron chi connectivity index (χ2n) is 6.44. The van der Waals surface area contributed by atoms with Crippen LogP contribution in [0.1, 0.15) is 29.9 Å². The molecular formula is C22H20N2O2. The quantitative estimate of drug-likeness (QED) is 0.730. The van der Waals surface area contributed by atoms with Crippen LogP contribution in [0.15, 0.2) is 73.1 Å². The van der Waals surface area contributed by atoms with E-state index in [1.54, 1.807) is 24.5 Å². The number of benzene rings is 2. The molecule has 4 heteroatoms. The summed E-state index contributed by atoms with van der Waals surface area (Å²) in [4.78, 5) is 16.7. The molecular weight excluding hydrogens is 324 g/mol. The second-order valence-corrected chi connectivity index (χ2v) is 6.44. The van der Waals surface area contributed by atoms with Gasteiger partial charge < -0.3 is 10.1 Å². The molecule has 2 aromatic carbocycles. The van der Waals surface area contributed by atoms with E-state index < -0.39 is 0 Å². The Labute approximate surface area is 152 Å². The monoisotopic (exact) mass is 344 g/mol. The molecule has 0 fully saturated rings. The highest BCUT2D eigenvalue weighted by atomic mass is 16.5. The van der Waals surface area contributed by atoms with E-state index in [9.17, 15) is 4.79 Å². The van der Waals surface area contributed by atoms with Gasteiger partial charge in [0.15, 0.2) is 0 Å². The molecule has 0 saturated heterocycles. The summed E-state index contributed by atoms with van der Waals surface area (Å²) in [6.07, 6.45) is 6.37. The topological polar surface area (TPSA) is 51.2 Å². The van der Waals surface area contributed by atoms with Crippen molar-refractivity contribution in [1.29, 1.82) is 0 Å². The molecule has 0 aliphatic heterocycles. The largest absolute Gasteiger partial charge is 0.457 e. The Morgan fingerprint density at radius 1 is 0.962 bits per heavy atom. The number of amides is 1. The van der Waals surface area contributed by atoms with Gasteiger partial charge in [-0.25, -0.2) is 0 Å². The Balaban J connectivity index is 1.44. The maximum atomic E-state index is 12.8. The summed E-state index contributed by atoms with van der Waals surface area (Å²) in [5.74, 6) is 1.43. The smallest absolute Gasteiger partial charge is 0.231 e. The number of aromatic nitrogens is 1. The lowest BCUT2D eigenvalue weighted by Crippen LogP contribution is -2.24. The normalized spacial score (nSPS) is 15.8. The molecule has 1 aromatic heterocycles. The van der Waals surface area contributed by atoms with Gasteiger partial charge in [0.1, 0.15) is 11.5 Å². The standard InChI is InChI=1S/C22H20N2O2/c25-22(21-7-3-5-16-4-1-2-6-20(16)21)24-17-8-10-18(11-9-17)26-19-12-14-23-15-13-19/h1-2,4,6,8-15,21H,3,5,7H2,(H,24,25)/t21-/m1/s1. The highest BCUT2D eigenvalue weighted by molar-refractivity contribution is 5.96. The number of hydrogen-bond donors (Lipinski definition) is 1. The van der Waals surface area contributed by atoms with Crippen LogP contribution in [-0.2, 0) is 11.2 Å². The Bertz CT molecular complexity index is 892. The van der Waals surface area contributed by atoms with Crippen LogP contribution in [-0.4, -0.2) is 10.9 Å². The van der Waals surface area contributed by atoms with Gasteiger partial charge in [0.2, 0.25) is 5.91 Å². The van der Waals surface area contributed by atoms with E-state index >= 15 is 0 Å². The zero-order chi connectivity index (χ0) is 17.8. The van der Waals surface area contributed by atoms with Crippen molar-refractivity contribution in [1.82, 2.24) is 4.98 Å². The number of nitrogens with zero attached hydrogens (tertiary/aromatic N) is 1. The van der Waals surface area contributed by atoms with Crippen LogP contribution in [0.25, 0.3) is 0 Å². The molecule has 3 aromatic rings. The third-order valence-corrected chi connectivity index (χ3v) is 4.69. The second kappa shape index (κ2) is 7.40. The van der Waals surface area contributed by atoms with Crippen molar-refractivity contribution < 1.29 is 9.53 Å². The first-order valence-electron chi connectivity index (χ1n) is 8.86. The summed E-state index contributed by atoms with van der Waals surface area (Å²) in [6.45, 7) is 0. The van der Waals surface area contributed by atoms with E-state index in [2.05, 4.69) is 22.4 Å². The zero-order valence-electron chi connectivity index (χ0n) is 14.4. The number of hydrogen-bond acceptors (Lipinski definition) is 3. The number of anilines is 1. The molecule has 0 radical (unpaired) electrons. The summed E-state index contributed by atoms with van der Waals surface area (Å²) in [7, 11) is 0. The Morgan fingerprint density at radius 3 is 2.50 bits per heavy atom. The Morgan fingerprint density at radius 2 is 1.69 bits per heavy atom. The minimum Gasteiger partial charge on any atom is -0.457 e. The number of aryl methyl sites for hydroxylation is 1. The molecule has 0 spiro atoms. The molecule has 26 heavy (non-hydrogen) atoms. The number of pyridine rings is 1. The Kier molecular flexibility index (Phi) is 4.65. The summed E-state index contributed by atoms with van der Waals surface area (Å²) >= 11 is 0. The van der Waals surface area contributed by atoms with Crippen LogP contribution < -0.4 is 10.1 Å². The molecule has 1 aliphatic rings. The summed E-state index contributed by atoms with van der Waals surface area (Å²) in [5, 5.41) is 3.04. The SMILES string of the molecule is O=C(Nc1ccc(Oc2ccncc2)cc1)[C@@H]1CCCc2ccccc21. The molecule has 1 amide bonds. The minimum atomic E-state index is -0.0762. The van der Waals surface area contributed by atoms with E-state index in [1.165, 1.54) is 5.56 Å². The number of ether oxygens (including phenoxy) is 1. The van der Waals surface area contributed by atoms with Crippen LogP contribution in [0.4, 0.5) is 5.69 Å². The van der Waals surface area contributed by atoms with Crippen LogP contribution in [0, 0.1) is 0 Å². The zero-order valence-corrected chi connectivity index (χ0v) is 14.4. The maximum absolute atomic E-state index is 12.8. The predicted octanol–water partition coefficient (Wildman–Crippen LogP) is 4.93. The van der Waals surface area contributed by atoms with Gasteiger partial charge in [-0.15, -0.1) is 0 Å². The van der Waals surface area contributed by atoms with Crippen molar-refractivity contribution in [2.45, 2.75) is 25.2 Å². The number of rotatable bonds is 4. The molecule has 4 rings (SSSR count). The molecule has 1 atom stereocenters. The van der Waals surface area contributed by atoms with Gasteiger partial charge in [-0.05, 0) is 66.8 Å². The Hall–Kier alpha value is -3.14. The van der Waals surface area contributed by atoms with Crippen molar-refractivity contribution in [3.05, 3.63) is 84.2 Å². The van der Waals surface area contributed by atoms with Gasteiger partial charge in [0.25, 0.3) is 0 Å². The molecule has 1 aliphatic carbocycles. The molecule has 4 nitrogen and oxygen atoms in total. The number of carbonyl (C=O) groups excluding carboxylic acids is 1. The average molecular weight is 344 g/mol. The van der Waals surface area contributed by atoms with Gasteiger partial charge in [-0.2, -0.15) is 0 Å². The van der Waals surface area contributed by atoms with Crippen molar-refractivity contribution in [2.24, 2.45) is 0 Å². The first kappa shape index (κ1) is 16.3. The van der Waals surface area contributed by atoms with E-state index in [4.69, 9.17) is 4.74 Å². The van der Waals surface area contributed by atoms with E-state index in [-0.39, 0.29) is 11.8 Å². The third kappa shape index (κ3) is 3.59. The first-order valence-corrected chi connectivity index (χ1v) is 8.86. The number of carbonyl (C=O) groups is 1. The maximum Gasteiger partial charge on any atom is 0.231 e. The molecule has 1 heterocycles. The minimum absolute atomic E-state index is 0.0555. The highest BCUT2D eigenvalue weighted by Crippen LogP contribution is 2.32. The molecule has 0 bridgehead atoms. The fourth-order valence-electron chi connectivity index (χ4n) is 3.40. The third-order valence-electron chi connectivity index (χ3n) is 4.69. The molecule has 0 unspecified atom stereocenters. The van der Waals surface area contributed by atoms with Crippen molar-refractivity contribution in [3.63, 3.8) is 0 Å². The van der Waals surface area contributed by atoms with Crippen LogP contribution >= 0.6 is 0 Å². The van der Waals surface area contributed by atoms with Gasteiger partial charge >= 0.3 is 0 Å². The highest BCUT2D eigenvalue weighted by Gasteiger charge is 2.26. The fraction of sp³-hybridized carbons (Fsp3) is 0.182. The van der Waals surface area contributed by atoms with E-state index in [0.29, 0.717) is 0 Å². The van der Waals surface area contributed by atoms with Crippen molar-refractivity contribution in [2.75, 3.05) is 5.32 Å². The average Bonchev–Trinajstić information content (AvgIpc) is 2.70. The lowest BCUT2D eigenvalue weighted by Gasteiger charge is -2.24. The van der Waals surface area contributed by atoms with Gasteiger partial charge in [-0.1, -0.05) is 24.3 Å². The lowest BCUT2D eigenvalue weighted by molar-refractivity contribution is -0.117. The summed E-state index contributed by atoms with van der Waals surface area (Å²) < 4.78 is 5.75. The molecule has 1 N–H and O–H groups in total. The lowest BCUT2D eigenvalue weighted by atomic mass is 9.82. The van der Waals surface area contributed by atoms with E-state index in [0.717, 1.165) is 42.0 Å². The van der Waals surface area contributed by atoms with Crippen molar-refractivity contribution in [3.8, 4) is 11.5 Å². The first-order chi connectivity index (χ1) is 12.8. The predicted molar refractivity (Wildman–Crippen MR) is 102 cm³/mol. The van der Waals surface area contributed by atoms with Crippen molar-refractivity contribution >= 4 is 11.6 Å².